The lowest BCUT2D eigenvalue weighted by atomic mass is 9.98. The Hall–Kier alpha value is -3.65. The van der Waals surface area contributed by atoms with E-state index in [0.29, 0.717) is 11.3 Å². The Labute approximate surface area is 224 Å². The maximum Gasteiger partial charge on any atom is 0.171 e. The van der Waals surface area contributed by atoms with Gasteiger partial charge >= 0.3 is 0 Å². The molecule has 184 valence electrons. The van der Waals surface area contributed by atoms with Crippen molar-refractivity contribution in [3.63, 3.8) is 0 Å². The molecule has 0 aliphatic heterocycles. The van der Waals surface area contributed by atoms with Crippen LogP contribution in [0.2, 0.25) is 0 Å². The molecule has 2 nitrogen and oxygen atoms in total. The second kappa shape index (κ2) is 10.4. The van der Waals surface area contributed by atoms with Crippen molar-refractivity contribution in [2.24, 2.45) is 0 Å². The highest BCUT2D eigenvalue weighted by Crippen LogP contribution is 2.51. The molecule has 0 aliphatic rings. The Bertz CT molecular complexity index is 1570. The summed E-state index contributed by atoms with van der Waals surface area (Å²) in [4.78, 5) is 0. The molecule has 0 spiro atoms. The molecule has 4 heteroatoms. The number of hydrogen-bond acceptors (Lipinski definition) is 3. The molecule has 0 heterocycles. The van der Waals surface area contributed by atoms with E-state index in [4.69, 9.17) is 16.3 Å². The van der Waals surface area contributed by atoms with Crippen molar-refractivity contribution in [3.8, 4) is 33.8 Å². The van der Waals surface area contributed by atoms with Crippen molar-refractivity contribution in [2.45, 2.75) is 20.8 Å². The molecular formula is C33H29O2PS. The van der Waals surface area contributed by atoms with Crippen LogP contribution >= 0.6 is 6.26 Å². The molecule has 0 unspecified atom stereocenters. The van der Waals surface area contributed by atoms with Crippen LogP contribution in [0.25, 0.3) is 22.3 Å². The zero-order chi connectivity index (χ0) is 26.0. The number of benzene rings is 5. The van der Waals surface area contributed by atoms with Gasteiger partial charge in [-0.25, -0.2) is 0 Å². The highest BCUT2D eigenvalue weighted by molar-refractivity contribution is 8.19. The highest BCUT2D eigenvalue weighted by Gasteiger charge is 2.30. The van der Waals surface area contributed by atoms with Gasteiger partial charge in [-0.3, -0.25) is 0 Å². The Kier molecular flexibility index (Phi) is 7.02. The van der Waals surface area contributed by atoms with Crippen molar-refractivity contribution >= 4 is 28.7 Å². The average molecular weight is 521 g/mol. The molecule has 37 heavy (non-hydrogen) atoms. The minimum Gasteiger partial charge on any atom is -0.507 e. The monoisotopic (exact) mass is 520 g/mol. The molecule has 0 bridgehead atoms. The first-order valence-corrected chi connectivity index (χ1v) is 15.0. The fourth-order valence-electron chi connectivity index (χ4n) is 4.96. The van der Waals surface area contributed by atoms with E-state index in [0.717, 1.165) is 38.4 Å². The normalized spacial score (nSPS) is 12.6. The smallest absolute Gasteiger partial charge is 0.171 e. The van der Waals surface area contributed by atoms with E-state index in [2.05, 4.69) is 45.0 Å². The molecule has 5 aromatic carbocycles. The number of hydrogen-bond donors (Lipinski definition) is 1. The summed E-state index contributed by atoms with van der Waals surface area (Å²) in [6, 6.07) is 38.2. The van der Waals surface area contributed by atoms with Gasteiger partial charge in [-0.15, -0.1) is 0 Å². The zero-order valence-corrected chi connectivity index (χ0v) is 22.9. The summed E-state index contributed by atoms with van der Waals surface area (Å²) in [5.74, 6) is 0.863. The first kappa shape index (κ1) is 25.0. The predicted octanol–water partition coefficient (Wildman–Crippen LogP) is 8.08. The summed E-state index contributed by atoms with van der Waals surface area (Å²) in [5, 5.41) is 13.2. The summed E-state index contributed by atoms with van der Waals surface area (Å²) in [6.45, 7) is 6.34. The number of phenolic OH excluding ortho intramolecular Hbond substituents is 1. The van der Waals surface area contributed by atoms with E-state index in [9.17, 15) is 5.11 Å². The van der Waals surface area contributed by atoms with Crippen molar-refractivity contribution in [1.82, 2.24) is 0 Å². The predicted molar refractivity (Wildman–Crippen MR) is 160 cm³/mol. The third kappa shape index (κ3) is 4.98. The Balaban J connectivity index is 1.78. The van der Waals surface area contributed by atoms with Crippen molar-refractivity contribution in [1.29, 1.82) is 0 Å². The largest absolute Gasteiger partial charge is 0.507 e. The summed E-state index contributed by atoms with van der Waals surface area (Å²) in [6.07, 6.45) is -2.76. The van der Waals surface area contributed by atoms with Gasteiger partial charge < -0.3 is 9.63 Å². The second-order valence-electron chi connectivity index (χ2n) is 9.32. The highest BCUT2D eigenvalue weighted by atomic mass is 32.4. The van der Waals surface area contributed by atoms with Crippen molar-refractivity contribution < 1.29 is 9.63 Å². The Morgan fingerprint density at radius 1 is 0.622 bits per heavy atom. The van der Waals surface area contributed by atoms with Crippen LogP contribution in [-0.2, 0) is 11.8 Å². The van der Waals surface area contributed by atoms with E-state index in [1.807, 2.05) is 84.9 Å². The molecule has 0 aliphatic carbocycles. The number of phenols is 1. The molecule has 0 amide bonds. The van der Waals surface area contributed by atoms with E-state index in [1.54, 1.807) is 6.07 Å². The molecular weight excluding hydrogens is 491 g/mol. The van der Waals surface area contributed by atoms with Gasteiger partial charge in [0.1, 0.15) is 11.5 Å². The molecule has 0 saturated carbocycles. The molecule has 1 atom stereocenters. The third-order valence-electron chi connectivity index (χ3n) is 6.52. The van der Waals surface area contributed by atoms with Gasteiger partial charge in [-0.05, 0) is 67.0 Å². The van der Waals surface area contributed by atoms with E-state index in [-0.39, 0.29) is 5.75 Å². The Morgan fingerprint density at radius 2 is 1.11 bits per heavy atom. The lowest BCUT2D eigenvalue weighted by Gasteiger charge is -2.29. The van der Waals surface area contributed by atoms with Crippen LogP contribution < -0.4 is 15.1 Å². The second-order valence-corrected chi connectivity index (χ2v) is 13.1. The fourth-order valence-corrected chi connectivity index (χ4v) is 8.94. The minimum absolute atomic E-state index is 0.202. The minimum atomic E-state index is -2.76. The fraction of sp³-hybridized carbons (Fsp3) is 0.0909. The average Bonchev–Trinajstić information content (AvgIpc) is 2.90. The standard InChI is InChI=1S/C33H29O2PS/c1-23-19-24(2)33(25(3)20-23)36(37,28-17-11-6-12-18-28)35-32-22-29(26-13-7-4-8-14-26)31(34)21-30(32)27-15-9-5-10-16-27/h4-22,34H,1-3H3/t36-/m1/s1. The molecule has 0 aromatic heterocycles. The van der Waals surface area contributed by atoms with Gasteiger partial charge in [0, 0.05) is 21.7 Å². The van der Waals surface area contributed by atoms with E-state index >= 15 is 0 Å². The number of aryl methyl sites for hydroxylation is 3. The first-order chi connectivity index (χ1) is 17.9. The van der Waals surface area contributed by atoms with Gasteiger partial charge in [0.25, 0.3) is 0 Å². The van der Waals surface area contributed by atoms with Crippen LogP contribution in [0.1, 0.15) is 16.7 Å². The van der Waals surface area contributed by atoms with E-state index < -0.39 is 6.26 Å². The summed E-state index contributed by atoms with van der Waals surface area (Å²) in [7, 11) is 0. The van der Waals surface area contributed by atoms with Crippen molar-refractivity contribution in [2.75, 3.05) is 0 Å². The summed E-state index contributed by atoms with van der Waals surface area (Å²) >= 11 is 6.56. The lowest BCUT2D eigenvalue weighted by molar-refractivity contribution is 0.476. The van der Waals surface area contributed by atoms with Crippen LogP contribution in [0, 0.1) is 20.8 Å². The molecule has 5 rings (SSSR count). The maximum atomic E-state index is 11.1. The van der Waals surface area contributed by atoms with E-state index in [1.165, 1.54) is 5.56 Å². The summed E-state index contributed by atoms with van der Waals surface area (Å²) in [5.41, 5.74) is 6.86. The number of aromatic hydroxyl groups is 1. The molecule has 0 fully saturated rings. The molecule has 0 saturated heterocycles. The van der Waals surface area contributed by atoms with Crippen LogP contribution in [0.15, 0.2) is 115 Å². The van der Waals surface area contributed by atoms with Crippen LogP contribution in [-0.4, -0.2) is 5.11 Å². The Morgan fingerprint density at radius 3 is 1.65 bits per heavy atom. The van der Waals surface area contributed by atoms with Gasteiger partial charge in [0.05, 0.1) is 0 Å². The zero-order valence-electron chi connectivity index (χ0n) is 21.2. The first-order valence-electron chi connectivity index (χ1n) is 12.3. The molecule has 5 aromatic rings. The summed E-state index contributed by atoms with van der Waals surface area (Å²) < 4.78 is 7.09. The SMILES string of the molecule is Cc1cc(C)c([P@@](=S)(Oc2cc(-c3ccccc3)c(O)cc2-c2ccccc2)c2ccccc2)c(C)c1. The van der Waals surface area contributed by atoms with Gasteiger partial charge in [-0.2, -0.15) is 0 Å². The number of rotatable bonds is 6. The molecule has 0 radical (unpaired) electrons. The quantitative estimate of drug-likeness (QED) is 0.230. The third-order valence-corrected chi connectivity index (χ3v) is 10.7. The van der Waals surface area contributed by atoms with Crippen LogP contribution in [0.4, 0.5) is 0 Å². The lowest BCUT2D eigenvalue weighted by Crippen LogP contribution is -2.24. The molecule has 1 N–H and O–H groups in total. The van der Waals surface area contributed by atoms with Gasteiger partial charge in [-0.1, -0.05) is 109 Å². The topological polar surface area (TPSA) is 29.5 Å². The van der Waals surface area contributed by atoms with Crippen LogP contribution in [0.3, 0.4) is 0 Å². The van der Waals surface area contributed by atoms with Crippen molar-refractivity contribution in [3.05, 3.63) is 132 Å². The van der Waals surface area contributed by atoms with Gasteiger partial charge in [0.15, 0.2) is 6.26 Å². The van der Waals surface area contributed by atoms with Crippen LogP contribution in [0.5, 0.6) is 11.5 Å². The van der Waals surface area contributed by atoms with Gasteiger partial charge in [0.2, 0.25) is 0 Å². The maximum absolute atomic E-state index is 11.1.